The third-order valence-corrected chi connectivity index (χ3v) is 4.01. The summed E-state index contributed by atoms with van der Waals surface area (Å²) >= 11 is 0. The van der Waals surface area contributed by atoms with Crippen LogP contribution in [0.5, 0.6) is 0 Å². The molecule has 1 fully saturated rings. The highest BCUT2D eigenvalue weighted by Crippen LogP contribution is 2.35. The predicted molar refractivity (Wildman–Crippen MR) is 72.1 cm³/mol. The van der Waals surface area contributed by atoms with Crippen LogP contribution in [0.25, 0.3) is 0 Å². The molecular formula is C15H28O3. The van der Waals surface area contributed by atoms with Crippen LogP contribution in [-0.2, 0) is 9.53 Å². The summed E-state index contributed by atoms with van der Waals surface area (Å²) in [4.78, 5) is 11.8. The minimum atomic E-state index is -0.427. The number of aliphatic hydroxyl groups excluding tert-OH is 1. The molecule has 1 saturated carbocycles. The van der Waals surface area contributed by atoms with Crippen LogP contribution in [0.15, 0.2) is 0 Å². The molecule has 0 saturated heterocycles. The van der Waals surface area contributed by atoms with Crippen molar-refractivity contribution in [1.29, 1.82) is 0 Å². The third kappa shape index (κ3) is 4.97. The van der Waals surface area contributed by atoms with E-state index in [0.717, 1.165) is 12.8 Å². The second kappa shape index (κ2) is 7.13. The highest BCUT2D eigenvalue weighted by Gasteiger charge is 2.33. The van der Waals surface area contributed by atoms with Crippen LogP contribution in [-0.4, -0.2) is 23.3 Å². The molecule has 1 aliphatic rings. The lowest BCUT2D eigenvalue weighted by molar-refractivity contribution is -0.156. The van der Waals surface area contributed by atoms with Crippen LogP contribution in [0, 0.1) is 17.8 Å². The Labute approximate surface area is 111 Å². The van der Waals surface area contributed by atoms with E-state index in [-0.39, 0.29) is 12.1 Å². The topological polar surface area (TPSA) is 46.5 Å². The maximum absolute atomic E-state index is 11.8. The van der Waals surface area contributed by atoms with Gasteiger partial charge in [0.2, 0.25) is 0 Å². The number of carbonyl (C=O) groups excluding carboxylic acids is 1. The van der Waals surface area contributed by atoms with Gasteiger partial charge in [-0.05, 0) is 43.9 Å². The van der Waals surface area contributed by atoms with Gasteiger partial charge < -0.3 is 9.84 Å². The Kier molecular flexibility index (Phi) is 6.13. The van der Waals surface area contributed by atoms with Crippen LogP contribution in [0.3, 0.4) is 0 Å². The zero-order chi connectivity index (χ0) is 13.7. The van der Waals surface area contributed by atoms with Crippen molar-refractivity contribution in [3.8, 4) is 0 Å². The second-order valence-corrected chi connectivity index (χ2v) is 6.24. The largest absolute Gasteiger partial charge is 0.462 e. The van der Waals surface area contributed by atoms with Gasteiger partial charge >= 0.3 is 5.97 Å². The van der Waals surface area contributed by atoms with E-state index < -0.39 is 6.10 Å². The lowest BCUT2D eigenvalue weighted by Gasteiger charge is -2.36. The molecule has 0 amide bonds. The van der Waals surface area contributed by atoms with Gasteiger partial charge in [0.15, 0.2) is 0 Å². The first kappa shape index (κ1) is 15.5. The van der Waals surface area contributed by atoms with Crippen molar-refractivity contribution in [1.82, 2.24) is 0 Å². The van der Waals surface area contributed by atoms with Crippen LogP contribution >= 0.6 is 0 Å². The molecule has 18 heavy (non-hydrogen) atoms. The molecule has 4 unspecified atom stereocenters. The van der Waals surface area contributed by atoms with E-state index in [1.807, 2.05) is 0 Å². The molecule has 0 aromatic carbocycles. The quantitative estimate of drug-likeness (QED) is 0.769. The van der Waals surface area contributed by atoms with E-state index in [1.54, 1.807) is 6.92 Å². The van der Waals surface area contributed by atoms with Crippen LogP contribution < -0.4 is 0 Å². The Morgan fingerprint density at radius 1 is 1.33 bits per heavy atom. The smallest absolute Gasteiger partial charge is 0.306 e. The summed E-state index contributed by atoms with van der Waals surface area (Å²) in [5.41, 5.74) is 0. The molecule has 0 aromatic heterocycles. The Hall–Kier alpha value is -0.570. The van der Waals surface area contributed by atoms with E-state index in [1.165, 1.54) is 6.42 Å². The summed E-state index contributed by atoms with van der Waals surface area (Å²) in [6.45, 7) is 8.34. The second-order valence-electron chi connectivity index (χ2n) is 6.24. The molecule has 1 rings (SSSR count). The van der Waals surface area contributed by atoms with Gasteiger partial charge in [0, 0.05) is 6.42 Å². The van der Waals surface area contributed by atoms with Crippen molar-refractivity contribution in [3.05, 3.63) is 0 Å². The first-order valence-corrected chi connectivity index (χ1v) is 7.27. The van der Waals surface area contributed by atoms with Crippen molar-refractivity contribution in [2.75, 3.05) is 0 Å². The lowest BCUT2D eigenvalue weighted by Crippen LogP contribution is -2.35. The molecule has 4 atom stereocenters. The van der Waals surface area contributed by atoms with Gasteiger partial charge in [-0.2, -0.15) is 0 Å². The van der Waals surface area contributed by atoms with Gasteiger partial charge in [0.1, 0.15) is 6.10 Å². The minimum Gasteiger partial charge on any atom is -0.462 e. The maximum atomic E-state index is 11.8. The van der Waals surface area contributed by atoms with Gasteiger partial charge in [0.05, 0.1) is 6.10 Å². The monoisotopic (exact) mass is 256 g/mol. The van der Waals surface area contributed by atoms with Crippen molar-refractivity contribution in [2.45, 2.75) is 72.0 Å². The molecule has 3 nitrogen and oxygen atoms in total. The molecule has 0 bridgehead atoms. The Morgan fingerprint density at radius 3 is 2.56 bits per heavy atom. The van der Waals surface area contributed by atoms with Crippen LogP contribution in [0.4, 0.5) is 0 Å². The number of hydrogen-bond acceptors (Lipinski definition) is 3. The number of aliphatic hydroxyl groups is 1. The number of ether oxygens (including phenoxy) is 1. The first-order chi connectivity index (χ1) is 8.40. The highest BCUT2D eigenvalue weighted by atomic mass is 16.5. The van der Waals surface area contributed by atoms with Crippen molar-refractivity contribution >= 4 is 5.97 Å². The normalized spacial score (nSPS) is 30.2. The fourth-order valence-corrected chi connectivity index (χ4v) is 2.80. The Balaban J connectivity index is 2.47. The number of carbonyl (C=O) groups is 1. The first-order valence-electron chi connectivity index (χ1n) is 7.27. The average molecular weight is 256 g/mol. The van der Waals surface area contributed by atoms with E-state index >= 15 is 0 Å². The maximum Gasteiger partial charge on any atom is 0.306 e. The fraction of sp³-hybridized carbons (Fsp3) is 0.933. The number of esters is 1. The molecule has 0 heterocycles. The molecular weight excluding hydrogens is 228 g/mol. The number of hydrogen-bond donors (Lipinski definition) is 1. The van der Waals surface area contributed by atoms with E-state index in [0.29, 0.717) is 30.6 Å². The average Bonchev–Trinajstić information content (AvgIpc) is 2.26. The Morgan fingerprint density at radius 2 is 2.00 bits per heavy atom. The molecule has 106 valence electrons. The summed E-state index contributed by atoms with van der Waals surface area (Å²) in [7, 11) is 0. The summed E-state index contributed by atoms with van der Waals surface area (Å²) in [6, 6.07) is 0. The van der Waals surface area contributed by atoms with Gasteiger partial charge in [-0.25, -0.2) is 0 Å². The molecule has 0 spiro atoms. The van der Waals surface area contributed by atoms with Crippen molar-refractivity contribution < 1.29 is 14.6 Å². The predicted octanol–water partition coefficient (Wildman–Crippen LogP) is 3.15. The van der Waals surface area contributed by atoms with Crippen molar-refractivity contribution in [3.63, 3.8) is 0 Å². The van der Waals surface area contributed by atoms with E-state index in [2.05, 4.69) is 20.8 Å². The van der Waals surface area contributed by atoms with Gasteiger partial charge in [0.25, 0.3) is 0 Å². The summed E-state index contributed by atoms with van der Waals surface area (Å²) in [6.07, 6.45) is 3.86. The summed E-state index contributed by atoms with van der Waals surface area (Å²) < 4.78 is 5.64. The third-order valence-electron chi connectivity index (χ3n) is 4.01. The van der Waals surface area contributed by atoms with Crippen LogP contribution in [0.2, 0.25) is 0 Å². The zero-order valence-electron chi connectivity index (χ0n) is 12.2. The molecule has 1 N–H and O–H groups in total. The fourth-order valence-electron chi connectivity index (χ4n) is 2.80. The summed E-state index contributed by atoms with van der Waals surface area (Å²) in [5.74, 6) is 1.55. The molecule has 0 aliphatic heterocycles. The zero-order valence-corrected chi connectivity index (χ0v) is 12.2. The highest BCUT2D eigenvalue weighted by molar-refractivity contribution is 5.69. The minimum absolute atomic E-state index is 0.0789. The van der Waals surface area contributed by atoms with Gasteiger partial charge in [-0.15, -0.1) is 0 Å². The number of rotatable bonds is 5. The molecule has 0 radical (unpaired) electrons. The Bertz CT molecular complexity index is 260. The summed E-state index contributed by atoms with van der Waals surface area (Å²) in [5, 5.41) is 9.18. The van der Waals surface area contributed by atoms with Gasteiger partial charge in [-0.1, -0.05) is 27.2 Å². The SMILES string of the molecule is CC(O)CCC(=O)OC1CC(C)CCC1C(C)C. The van der Waals surface area contributed by atoms with Gasteiger partial charge in [-0.3, -0.25) is 4.79 Å². The van der Waals surface area contributed by atoms with E-state index in [9.17, 15) is 9.90 Å². The standard InChI is InChI=1S/C15H28O3/c1-10(2)13-7-5-11(3)9-14(13)18-15(17)8-6-12(4)16/h10-14,16H,5-9H2,1-4H3. The van der Waals surface area contributed by atoms with Crippen LogP contribution in [0.1, 0.15) is 59.8 Å². The lowest BCUT2D eigenvalue weighted by atomic mass is 9.75. The molecule has 0 aromatic rings. The molecule has 1 aliphatic carbocycles. The van der Waals surface area contributed by atoms with E-state index in [4.69, 9.17) is 4.74 Å². The van der Waals surface area contributed by atoms with Crippen molar-refractivity contribution in [2.24, 2.45) is 17.8 Å². The molecule has 3 heteroatoms.